The highest BCUT2D eigenvalue weighted by Gasteiger charge is 2.17. The van der Waals surface area contributed by atoms with Gasteiger partial charge < -0.3 is 15.6 Å². The molecule has 0 spiro atoms. The van der Waals surface area contributed by atoms with E-state index in [1.807, 2.05) is 25.1 Å². The number of nitrogens with zero attached hydrogens (tertiary/aromatic N) is 4. The second-order valence-electron chi connectivity index (χ2n) is 7.52. The van der Waals surface area contributed by atoms with Crippen LogP contribution in [0.15, 0.2) is 53.4 Å². The van der Waals surface area contributed by atoms with E-state index in [9.17, 15) is 9.59 Å². The summed E-state index contributed by atoms with van der Waals surface area (Å²) in [5.74, 6) is 0.551. The average molecular weight is 457 g/mol. The third-order valence-electron chi connectivity index (χ3n) is 5.33. The normalized spacial score (nSPS) is 12.2. The van der Waals surface area contributed by atoms with Gasteiger partial charge in [0.05, 0.1) is 16.5 Å². The molecule has 34 heavy (non-hydrogen) atoms. The molecule has 0 bridgehead atoms. The number of aliphatic imine (C=N–C) groups is 1. The number of para-hydroxylation sites is 1. The van der Waals surface area contributed by atoms with Crippen LogP contribution in [0.2, 0.25) is 0 Å². The lowest BCUT2D eigenvalue weighted by Gasteiger charge is -2.03. The molecule has 10 heteroatoms. The number of aromatic nitrogens is 5. The Hall–Kier alpha value is -4.60. The number of pyridine rings is 1. The smallest absolute Gasteiger partial charge is 0.253 e. The van der Waals surface area contributed by atoms with Crippen LogP contribution in [0.5, 0.6) is 0 Å². The van der Waals surface area contributed by atoms with E-state index in [-0.39, 0.29) is 11.8 Å². The molecule has 4 N–H and O–H groups in total. The second-order valence-corrected chi connectivity index (χ2v) is 7.52. The fourth-order valence-corrected chi connectivity index (χ4v) is 3.43. The molecule has 172 valence electrons. The predicted octanol–water partition coefficient (Wildman–Crippen LogP) is 3.33. The number of rotatable bonds is 7. The van der Waals surface area contributed by atoms with Crippen molar-refractivity contribution in [3.8, 4) is 11.5 Å². The molecular weight excluding hydrogens is 432 g/mol. The number of H-pyrrole nitrogens is 2. The molecule has 0 aliphatic carbocycles. The molecule has 0 fully saturated rings. The number of hydrogen-bond donors (Lipinski definition) is 4. The lowest BCUT2D eigenvalue weighted by atomic mass is 10.1. The molecule has 0 saturated heterocycles. The van der Waals surface area contributed by atoms with E-state index in [1.54, 1.807) is 38.4 Å². The summed E-state index contributed by atoms with van der Waals surface area (Å²) in [6.07, 6.45) is 5.61. The molecule has 1 aromatic carbocycles. The fourth-order valence-electron chi connectivity index (χ4n) is 3.43. The van der Waals surface area contributed by atoms with E-state index in [1.165, 1.54) is 0 Å². The SMILES string of the molecule is C=N/C(=C\C=C(/C)c1cnc2[nH]nc(-c3nc4c(C(=O)NC)cccc4[nH]3)c2c1)NC(=O)CC. The fraction of sp³-hybridized carbons (Fsp3) is 0.167. The third kappa shape index (κ3) is 4.33. The zero-order valence-electron chi connectivity index (χ0n) is 19.1. The molecule has 3 heterocycles. The number of aromatic amines is 2. The molecule has 3 aromatic heterocycles. The van der Waals surface area contributed by atoms with E-state index in [2.05, 4.69) is 47.5 Å². The molecule has 0 unspecified atom stereocenters. The number of allylic oxidation sites excluding steroid dienone is 3. The highest BCUT2D eigenvalue weighted by Crippen LogP contribution is 2.28. The maximum atomic E-state index is 12.2. The molecule has 0 aliphatic heterocycles. The van der Waals surface area contributed by atoms with Crippen LogP contribution in [0.25, 0.3) is 39.2 Å². The number of imidazole rings is 1. The van der Waals surface area contributed by atoms with Crippen LogP contribution in [0.4, 0.5) is 0 Å². The second kappa shape index (κ2) is 9.49. The van der Waals surface area contributed by atoms with Crippen LogP contribution in [0.3, 0.4) is 0 Å². The van der Waals surface area contributed by atoms with Crippen LogP contribution in [0.1, 0.15) is 36.2 Å². The van der Waals surface area contributed by atoms with Crippen LogP contribution in [0, 0.1) is 0 Å². The number of benzene rings is 1. The van der Waals surface area contributed by atoms with Crippen molar-refractivity contribution in [3.05, 3.63) is 59.6 Å². The van der Waals surface area contributed by atoms with Gasteiger partial charge in [0.15, 0.2) is 11.5 Å². The van der Waals surface area contributed by atoms with Gasteiger partial charge in [-0.05, 0) is 49.1 Å². The van der Waals surface area contributed by atoms with Gasteiger partial charge in [-0.2, -0.15) is 5.10 Å². The zero-order chi connectivity index (χ0) is 24.2. The van der Waals surface area contributed by atoms with Crippen LogP contribution in [-0.2, 0) is 4.79 Å². The van der Waals surface area contributed by atoms with Gasteiger partial charge in [0.1, 0.15) is 17.0 Å². The molecule has 0 saturated carbocycles. The molecular formula is C24H24N8O2. The van der Waals surface area contributed by atoms with Gasteiger partial charge in [-0.15, -0.1) is 0 Å². The molecule has 0 radical (unpaired) electrons. The van der Waals surface area contributed by atoms with Crippen LogP contribution in [-0.4, -0.2) is 50.7 Å². The Bertz CT molecular complexity index is 1470. The summed E-state index contributed by atoms with van der Waals surface area (Å²) in [5, 5.41) is 13.4. The summed E-state index contributed by atoms with van der Waals surface area (Å²) in [6, 6.07) is 7.34. The van der Waals surface area contributed by atoms with Gasteiger partial charge in [0.25, 0.3) is 5.91 Å². The monoisotopic (exact) mass is 456 g/mol. The quantitative estimate of drug-likeness (QED) is 0.249. The molecule has 0 aliphatic rings. The van der Waals surface area contributed by atoms with Crippen LogP contribution >= 0.6 is 0 Å². The number of nitrogens with one attached hydrogen (secondary N) is 4. The highest BCUT2D eigenvalue weighted by molar-refractivity contribution is 6.05. The summed E-state index contributed by atoms with van der Waals surface area (Å²) < 4.78 is 0. The Kier molecular flexibility index (Phi) is 6.30. The number of amides is 2. The minimum atomic E-state index is -0.211. The van der Waals surface area contributed by atoms with Gasteiger partial charge in [-0.1, -0.05) is 19.1 Å². The van der Waals surface area contributed by atoms with Gasteiger partial charge in [-0.25, -0.2) is 15.0 Å². The van der Waals surface area contributed by atoms with E-state index in [0.717, 1.165) is 22.0 Å². The van der Waals surface area contributed by atoms with Crippen molar-refractivity contribution in [3.63, 3.8) is 0 Å². The molecule has 0 atom stereocenters. The maximum absolute atomic E-state index is 12.2. The van der Waals surface area contributed by atoms with E-state index < -0.39 is 0 Å². The van der Waals surface area contributed by atoms with Crippen molar-refractivity contribution >= 4 is 46.2 Å². The highest BCUT2D eigenvalue weighted by atomic mass is 16.2. The van der Waals surface area contributed by atoms with Gasteiger partial charge in [0, 0.05) is 19.7 Å². The molecule has 10 nitrogen and oxygen atoms in total. The first-order chi connectivity index (χ1) is 16.4. The average Bonchev–Trinajstić information content (AvgIpc) is 3.48. The summed E-state index contributed by atoms with van der Waals surface area (Å²) in [5.41, 5.74) is 4.74. The maximum Gasteiger partial charge on any atom is 0.253 e. The Morgan fingerprint density at radius 1 is 1.26 bits per heavy atom. The lowest BCUT2D eigenvalue weighted by Crippen LogP contribution is -2.20. The molecule has 2 amide bonds. The van der Waals surface area contributed by atoms with Crippen molar-refractivity contribution in [2.24, 2.45) is 4.99 Å². The third-order valence-corrected chi connectivity index (χ3v) is 5.33. The Morgan fingerprint density at radius 3 is 2.82 bits per heavy atom. The Balaban J connectivity index is 1.73. The minimum Gasteiger partial charge on any atom is -0.355 e. The molecule has 4 aromatic rings. The first kappa shape index (κ1) is 22.6. The first-order valence-electron chi connectivity index (χ1n) is 10.7. The number of carbonyl (C=O) groups is 2. The van der Waals surface area contributed by atoms with Crippen molar-refractivity contribution < 1.29 is 9.59 Å². The van der Waals surface area contributed by atoms with Crippen molar-refractivity contribution in [2.75, 3.05) is 7.05 Å². The topological polar surface area (TPSA) is 141 Å². The summed E-state index contributed by atoms with van der Waals surface area (Å²) in [6.45, 7) is 7.19. The lowest BCUT2D eigenvalue weighted by molar-refractivity contribution is -0.120. The van der Waals surface area contributed by atoms with E-state index in [4.69, 9.17) is 0 Å². The summed E-state index contributed by atoms with van der Waals surface area (Å²) in [4.78, 5) is 40.0. The van der Waals surface area contributed by atoms with Gasteiger partial charge in [-0.3, -0.25) is 14.7 Å². The Labute approximate surface area is 195 Å². The van der Waals surface area contributed by atoms with Gasteiger partial charge in [0.2, 0.25) is 5.91 Å². The van der Waals surface area contributed by atoms with Gasteiger partial charge >= 0.3 is 0 Å². The summed E-state index contributed by atoms with van der Waals surface area (Å²) >= 11 is 0. The van der Waals surface area contributed by atoms with E-state index in [0.29, 0.717) is 40.5 Å². The van der Waals surface area contributed by atoms with Crippen molar-refractivity contribution in [2.45, 2.75) is 20.3 Å². The van der Waals surface area contributed by atoms with Crippen molar-refractivity contribution in [1.29, 1.82) is 0 Å². The minimum absolute atomic E-state index is 0.138. The first-order valence-corrected chi connectivity index (χ1v) is 10.7. The standard InChI is InChI=1S/C24H24N8O2/c1-5-19(33)29-18(25-3)10-9-13(2)14-11-16-21(31-32-22(16)27-12-14)23-28-17-8-6-7-15(20(17)30-23)24(34)26-4/h6-12H,3,5H2,1-2,4H3,(H,26,34)(H,28,30)(H,29,33)(H,27,31,32)/b13-9+,18-10+. The van der Waals surface area contributed by atoms with E-state index >= 15 is 0 Å². The predicted molar refractivity (Wildman–Crippen MR) is 132 cm³/mol. The summed E-state index contributed by atoms with van der Waals surface area (Å²) in [7, 11) is 1.58. The largest absolute Gasteiger partial charge is 0.355 e. The number of fused-ring (bicyclic) bond motifs is 2. The number of hydrogen-bond acceptors (Lipinski definition) is 6. The molecule has 4 rings (SSSR count). The van der Waals surface area contributed by atoms with Crippen LogP contribution < -0.4 is 10.6 Å². The zero-order valence-corrected chi connectivity index (χ0v) is 19.1. The Morgan fingerprint density at radius 2 is 2.09 bits per heavy atom. The number of carbonyl (C=O) groups excluding carboxylic acids is 2. The van der Waals surface area contributed by atoms with Crippen molar-refractivity contribution in [1.82, 2.24) is 35.8 Å².